The molecule has 0 aliphatic heterocycles. The van der Waals surface area contributed by atoms with Gasteiger partial charge in [-0.15, -0.1) is 0 Å². The molecular weight excluding hydrogens is 428 g/mol. The lowest BCUT2D eigenvalue weighted by molar-refractivity contribution is -0.114. The highest BCUT2D eigenvalue weighted by Crippen LogP contribution is 2.23. The van der Waals surface area contributed by atoms with Gasteiger partial charge in [0.2, 0.25) is 5.91 Å². The molecule has 0 heterocycles. The Morgan fingerprint density at radius 3 is 2.50 bits per heavy atom. The molecule has 0 atom stereocenters. The van der Waals surface area contributed by atoms with Crippen molar-refractivity contribution in [3.8, 4) is 0 Å². The summed E-state index contributed by atoms with van der Waals surface area (Å²) < 4.78 is 0. The summed E-state index contributed by atoms with van der Waals surface area (Å²) >= 11 is 6.24. The Morgan fingerprint density at radius 1 is 0.969 bits per heavy atom. The van der Waals surface area contributed by atoms with E-state index in [2.05, 4.69) is 21.3 Å². The van der Waals surface area contributed by atoms with Crippen LogP contribution in [-0.2, 0) is 4.79 Å². The second-order valence-corrected chi connectivity index (χ2v) is 8.25. The van der Waals surface area contributed by atoms with Gasteiger partial charge < -0.3 is 21.3 Å². The monoisotopic (exact) mass is 456 g/mol. The van der Waals surface area contributed by atoms with Gasteiger partial charge in [-0.05, 0) is 56.2 Å². The predicted molar refractivity (Wildman–Crippen MR) is 127 cm³/mol. The molecule has 170 valence electrons. The number of benzene rings is 2. The molecule has 0 saturated heterocycles. The molecule has 8 heteroatoms. The van der Waals surface area contributed by atoms with Crippen LogP contribution in [-0.4, -0.2) is 36.9 Å². The Morgan fingerprint density at radius 2 is 1.75 bits per heavy atom. The SMILES string of the molecule is CCNC(=O)c1cccc(NC(=O)CNc2ccc(Cl)c(C(=O)NC3CCCCC3)c2)c1. The molecule has 2 aromatic rings. The zero-order chi connectivity index (χ0) is 22.9. The number of halogens is 1. The lowest BCUT2D eigenvalue weighted by atomic mass is 9.95. The fourth-order valence-electron chi connectivity index (χ4n) is 3.71. The van der Waals surface area contributed by atoms with Crippen LogP contribution in [0.5, 0.6) is 0 Å². The standard InChI is InChI=1S/C24H29ClN4O3/c1-2-26-23(31)16-7-6-10-19(13-16)28-22(30)15-27-18-11-12-21(25)20(14-18)24(32)29-17-8-4-3-5-9-17/h6-7,10-14,17,27H,2-5,8-9,15H2,1H3,(H,26,31)(H,28,30)(H,29,32). The van der Waals surface area contributed by atoms with E-state index >= 15 is 0 Å². The minimum absolute atomic E-state index is 0.00327. The first kappa shape index (κ1) is 23.6. The maximum atomic E-state index is 12.7. The third kappa shape index (κ3) is 6.72. The average molecular weight is 457 g/mol. The lowest BCUT2D eigenvalue weighted by Crippen LogP contribution is -2.36. The van der Waals surface area contributed by atoms with E-state index in [0.29, 0.717) is 34.1 Å². The molecule has 0 radical (unpaired) electrons. The van der Waals surface area contributed by atoms with Crippen LogP contribution in [0.3, 0.4) is 0 Å². The average Bonchev–Trinajstić information content (AvgIpc) is 2.79. The summed E-state index contributed by atoms with van der Waals surface area (Å²) in [7, 11) is 0. The van der Waals surface area contributed by atoms with Crippen molar-refractivity contribution in [3.05, 3.63) is 58.6 Å². The zero-order valence-corrected chi connectivity index (χ0v) is 18.9. The number of rotatable bonds is 8. The molecule has 1 fully saturated rings. The normalized spacial score (nSPS) is 13.8. The van der Waals surface area contributed by atoms with Crippen LogP contribution in [0.1, 0.15) is 59.7 Å². The summed E-state index contributed by atoms with van der Waals surface area (Å²) in [6, 6.07) is 12.0. The molecule has 0 spiro atoms. The number of anilines is 2. The number of amides is 3. The van der Waals surface area contributed by atoms with Gasteiger partial charge in [-0.25, -0.2) is 0 Å². The molecule has 0 aromatic heterocycles. The van der Waals surface area contributed by atoms with E-state index in [4.69, 9.17) is 11.6 Å². The number of carbonyl (C=O) groups excluding carboxylic acids is 3. The highest BCUT2D eigenvalue weighted by Gasteiger charge is 2.18. The van der Waals surface area contributed by atoms with E-state index in [1.165, 1.54) is 6.42 Å². The minimum Gasteiger partial charge on any atom is -0.376 e. The Hall–Kier alpha value is -3.06. The first-order chi connectivity index (χ1) is 15.5. The Kier molecular flexibility index (Phi) is 8.50. The molecule has 7 nitrogen and oxygen atoms in total. The van der Waals surface area contributed by atoms with Gasteiger partial charge in [0.15, 0.2) is 0 Å². The molecule has 3 amide bonds. The van der Waals surface area contributed by atoms with Crippen molar-refractivity contribution >= 4 is 40.7 Å². The van der Waals surface area contributed by atoms with Crippen LogP contribution in [0.25, 0.3) is 0 Å². The molecule has 0 bridgehead atoms. The van der Waals surface area contributed by atoms with Gasteiger partial charge >= 0.3 is 0 Å². The maximum Gasteiger partial charge on any atom is 0.253 e. The van der Waals surface area contributed by atoms with Crippen LogP contribution < -0.4 is 21.3 Å². The highest BCUT2D eigenvalue weighted by molar-refractivity contribution is 6.34. The van der Waals surface area contributed by atoms with E-state index in [1.54, 1.807) is 42.5 Å². The minimum atomic E-state index is -0.277. The van der Waals surface area contributed by atoms with Gasteiger partial charge in [-0.3, -0.25) is 14.4 Å². The van der Waals surface area contributed by atoms with Crippen molar-refractivity contribution < 1.29 is 14.4 Å². The molecule has 1 aliphatic carbocycles. The molecule has 1 saturated carbocycles. The second kappa shape index (κ2) is 11.5. The van der Waals surface area contributed by atoms with Crippen molar-refractivity contribution in [1.29, 1.82) is 0 Å². The summed E-state index contributed by atoms with van der Waals surface area (Å²) in [6.45, 7) is 2.37. The molecule has 4 N–H and O–H groups in total. The van der Waals surface area contributed by atoms with Crippen LogP contribution in [0.4, 0.5) is 11.4 Å². The van der Waals surface area contributed by atoms with E-state index in [9.17, 15) is 14.4 Å². The molecule has 0 unspecified atom stereocenters. The second-order valence-electron chi connectivity index (χ2n) is 7.85. The van der Waals surface area contributed by atoms with Gasteiger partial charge in [0.1, 0.15) is 0 Å². The summed E-state index contributed by atoms with van der Waals surface area (Å²) in [6.07, 6.45) is 5.44. The topological polar surface area (TPSA) is 99.3 Å². The van der Waals surface area contributed by atoms with E-state index in [0.717, 1.165) is 25.7 Å². The molecule has 3 rings (SSSR count). The maximum absolute atomic E-state index is 12.7. The fraction of sp³-hybridized carbons (Fsp3) is 0.375. The summed E-state index contributed by atoms with van der Waals surface area (Å²) in [4.78, 5) is 37.0. The molecule has 32 heavy (non-hydrogen) atoms. The molecular formula is C24H29ClN4O3. The molecule has 2 aromatic carbocycles. The van der Waals surface area contributed by atoms with Gasteiger partial charge in [0.25, 0.3) is 11.8 Å². The number of hydrogen-bond donors (Lipinski definition) is 4. The molecule has 1 aliphatic rings. The van der Waals surface area contributed by atoms with Crippen LogP contribution in [0.15, 0.2) is 42.5 Å². The number of hydrogen-bond acceptors (Lipinski definition) is 4. The predicted octanol–water partition coefficient (Wildman–Crippen LogP) is 4.20. The largest absolute Gasteiger partial charge is 0.376 e. The van der Waals surface area contributed by atoms with Crippen molar-refractivity contribution in [2.45, 2.75) is 45.1 Å². The smallest absolute Gasteiger partial charge is 0.253 e. The number of nitrogens with one attached hydrogen (secondary N) is 4. The van der Waals surface area contributed by atoms with Crippen LogP contribution >= 0.6 is 11.6 Å². The van der Waals surface area contributed by atoms with Gasteiger partial charge in [-0.2, -0.15) is 0 Å². The van der Waals surface area contributed by atoms with Crippen molar-refractivity contribution in [1.82, 2.24) is 10.6 Å². The van der Waals surface area contributed by atoms with Crippen molar-refractivity contribution in [3.63, 3.8) is 0 Å². The number of carbonyl (C=O) groups is 3. The van der Waals surface area contributed by atoms with Gasteiger partial charge in [0, 0.05) is 29.5 Å². The van der Waals surface area contributed by atoms with Crippen molar-refractivity contribution in [2.24, 2.45) is 0 Å². The Labute approximate surface area is 193 Å². The van der Waals surface area contributed by atoms with Gasteiger partial charge in [-0.1, -0.05) is 36.9 Å². The summed E-state index contributed by atoms with van der Waals surface area (Å²) in [5.74, 6) is -0.666. The Balaban J connectivity index is 1.56. The van der Waals surface area contributed by atoms with E-state index in [1.807, 2.05) is 6.92 Å². The lowest BCUT2D eigenvalue weighted by Gasteiger charge is -2.23. The van der Waals surface area contributed by atoms with Crippen LogP contribution in [0, 0.1) is 0 Å². The van der Waals surface area contributed by atoms with Gasteiger partial charge in [0.05, 0.1) is 17.1 Å². The fourth-order valence-corrected chi connectivity index (χ4v) is 3.91. The van der Waals surface area contributed by atoms with E-state index < -0.39 is 0 Å². The highest BCUT2D eigenvalue weighted by atomic mass is 35.5. The van der Waals surface area contributed by atoms with Crippen molar-refractivity contribution in [2.75, 3.05) is 23.7 Å². The van der Waals surface area contributed by atoms with E-state index in [-0.39, 0.29) is 30.3 Å². The first-order valence-electron chi connectivity index (χ1n) is 11.0. The third-order valence-electron chi connectivity index (χ3n) is 5.35. The third-order valence-corrected chi connectivity index (χ3v) is 5.68. The first-order valence-corrected chi connectivity index (χ1v) is 11.4. The Bertz CT molecular complexity index is 973. The quantitative estimate of drug-likeness (QED) is 0.478. The zero-order valence-electron chi connectivity index (χ0n) is 18.2. The summed E-state index contributed by atoms with van der Waals surface area (Å²) in [5, 5.41) is 11.9. The summed E-state index contributed by atoms with van der Waals surface area (Å²) in [5.41, 5.74) is 2.01. The van der Waals surface area contributed by atoms with Crippen LogP contribution in [0.2, 0.25) is 5.02 Å².